The van der Waals surface area contributed by atoms with Gasteiger partial charge in [-0.05, 0) is 17.7 Å². The van der Waals surface area contributed by atoms with Crippen LogP contribution in [0.25, 0.3) is 0 Å². The Bertz CT molecular complexity index is 1900. The number of aromatic nitrogens is 2. The summed E-state index contributed by atoms with van der Waals surface area (Å²) in [5.74, 6) is -0.990. The third kappa shape index (κ3) is 10.8. The molecule has 3 aromatic rings. The topological polar surface area (TPSA) is 306 Å². The van der Waals surface area contributed by atoms with E-state index < -0.39 is 86.3 Å². The first-order valence-corrected chi connectivity index (χ1v) is 19.0. The van der Waals surface area contributed by atoms with Gasteiger partial charge in [-0.25, -0.2) is 27.8 Å². The SMILES string of the molecule is O=C(OC1C(O)C(COP(=O)(O)OP(=O)(O)OP(=O)(O)OP(=O)(O)OCc2ccccc2)OC1n1ccc(=O)[nH]c1=O)c1ccccc1. The van der Waals surface area contributed by atoms with Crippen LogP contribution in [0.2, 0.25) is 0 Å². The van der Waals surface area contributed by atoms with E-state index in [0.29, 0.717) is 5.56 Å². The highest BCUT2D eigenvalue weighted by Gasteiger charge is 2.50. The van der Waals surface area contributed by atoms with Crippen LogP contribution in [0.1, 0.15) is 22.1 Å². The van der Waals surface area contributed by atoms with Gasteiger partial charge in [-0.3, -0.25) is 23.4 Å². The van der Waals surface area contributed by atoms with Crippen LogP contribution in [-0.4, -0.2) is 65.1 Å². The molecule has 1 fully saturated rings. The van der Waals surface area contributed by atoms with Crippen molar-refractivity contribution >= 4 is 37.3 Å². The van der Waals surface area contributed by atoms with E-state index in [1.54, 1.807) is 24.3 Å². The van der Waals surface area contributed by atoms with Crippen LogP contribution in [0.3, 0.4) is 0 Å². The molecule has 262 valence electrons. The summed E-state index contributed by atoms with van der Waals surface area (Å²) in [4.78, 5) is 77.8. The lowest BCUT2D eigenvalue weighted by molar-refractivity contribution is -0.0597. The second-order valence-corrected chi connectivity index (χ2v) is 15.7. The number of carbonyl (C=O) groups is 1. The Kier molecular flexibility index (Phi) is 12.1. The van der Waals surface area contributed by atoms with Gasteiger partial charge in [-0.2, -0.15) is 12.9 Å². The van der Waals surface area contributed by atoms with Crippen LogP contribution in [0.4, 0.5) is 0 Å². The molecule has 48 heavy (non-hydrogen) atoms. The van der Waals surface area contributed by atoms with Crippen molar-refractivity contribution in [1.82, 2.24) is 9.55 Å². The molecule has 1 aromatic heterocycles. The number of aliphatic hydroxyl groups is 1. The standard InChI is InChI=1S/C23H26N2O19P4/c26-18-11-12-25(23(29)24-18)21-20(41-22(28)16-9-5-2-6-10-16)19(27)17(40-21)14-39-46(32,33)43-48(36,37)44-47(34,35)42-45(30,31)38-13-15-7-3-1-4-8-15/h1-12,17,19-21,27H,13-14H2,(H,30,31)(H,32,33)(H,34,35)(H,36,37)(H,24,26,29). The summed E-state index contributed by atoms with van der Waals surface area (Å²) in [5, 5.41) is 10.9. The quantitative estimate of drug-likeness (QED) is 0.0949. The van der Waals surface area contributed by atoms with Crippen LogP contribution in [0.5, 0.6) is 0 Å². The van der Waals surface area contributed by atoms with Crippen molar-refractivity contribution in [3.63, 3.8) is 0 Å². The maximum atomic E-state index is 12.7. The third-order valence-corrected chi connectivity index (χ3v) is 11.8. The van der Waals surface area contributed by atoms with Gasteiger partial charge in [0.25, 0.3) is 5.56 Å². The third-order valence-electron chi connectivity index (χ3n) is 5.95. The Hall–Kier alpha value is -2.93. The van der Waals surface area contributed by atoms with Gasteiger partial charge in [0.05, 0.1) is 18.8 Å². The molecule has 21 nitrogen and oxygen atoms in total. The predicted octanol–water partition coefficient (Wildman–Crippen LogP) is 1.71. The van der Waals surface area contributed by atoms with Gasteiger partial charge in [-0.15, -0.1) is 0 Å². The lowest BCUT2D eigenvalue weighted by Gasteiger charge is -2.22. The van der Waals surface area contributed by atoms with Crippen LogP contribution >= 0.6 is 31.3 Å². The first kappa shape index (κ1) is 37.9. The molecule has 0 bridgehead atoms. The molecule has 0 amide bonds. The summed E-state index contributed by atoms with van der Waals surface area (Å²) < 4.78 is 81.1. The fraction of sp³-hybridized carbons (Fsp3) is 0.261. The molecule has 0 spiro atoms. The minimum atomic E-state index is -6.13. The zero-order valence-corrected chi connectivity index (χ0v) is 27.4. The number of aliphatic hydroxyl groups excluding tert-OH is 1. The number of benzene rings is 2. The molecule has 2 aromatic carbocycles. The summed E-state index contributed by atoms with van der Waals surface area (Å²) in [6.45, 7) is -1.80. The number of rotatable bonds is 15. The first-order valence-electron chi connectivity index (χ1n) is 13.0. The van der Waals surface area contributed by atoms with E-state index in [1.807, 2.05) is 4.98 Å². The summed E-state index contributed by atoms with van der Waals surface area (Å²) in [7, 11) is -23.4. The van der Waals surface area contributed by atoms with Gasteiger partial charge in [0.15, 0.2) is 12.3 Å². The Balaban J connectivity index is 1.41. The Labute approximate surface area is 268 Å². The molecular weight excluding hydrogens is 732 g/mol. The van der Waals surface area contributed by atoms with E-state index in [4.69, 9.17) is 9.47 Å². The van der Waals surface area contributed by atoms with E-state index in [0.717, 1.165) is 16.8 Å². The van der Waals surface area contributed by atoms with Crippen molar-refractivity contribution < 1.29 is 79.2 Å². The highest BCUT2D eigenvalue weighted by atomic mass is 31.3. The molecule has 2 heterocycles. The van der Waals surface area contributed by atoms with Gasteiger partial charge in [0.2, 0.25) is 0 Å². The first-order chi connectivity index (χ1) is 22.4. The van der Waals surface area contributed by atoms with Crippen LogP contribution in [-0.2, 0) is 56.3 Å². The number of nitrogens with zero attached hydrogens (tertiary/aromatic N) is 1. The van der Waals surface area contributed by atoms with Gasteiger partial charge < -0.3 is 34.2 Å². The van der Waals surface area contributed by atoms with Gasteiger partial charge in [0.1, 0.15) is 12.2 Å². The smallest absolute Gasteiger partial charge is 0.451 e. The molecule has 1 aliphatic rings. The Morgan fingerprint density at radius 1 is 0.792 bits per heavy atom. The van der Waals surface area contributed by atoms with Crippen molar-refractivity contribution in [1.29, 1.82) is 0 Å². The van der Waals surface area contributed by atoms with Gasteiger partial charge >= 0.3 is 42.9 Å². The summed E-state index contributed by atoms with van der Waals surface area (Å²) in [5.41, 5.74) is -1.52. The van der Waals surface area contributed by atoms with Crippen molar-refractivity contribution in [2.24, 2.45) is 0 Å². The molecule has 0 aliphatic carbocycles. The number of phosphoric ester groups is 2. The molecule has 8 atom stereocenters. The number of H-pyrrole nitrogens is 1. The van der Waals surface area contributed by atoms with Crippen molar-refractivity contribution in [3.05, 3.63) is 105 Å². The maximum Gasteiger partial charge on any atom is 0.490 e. The number of aromatic amines is 1. The molecule has 1 saturated heterocycles. The number of carbonyl (C=O) groups excluding carboxylic acids is 1. The molecule has 0 radical (unpaired) electrons. The minimum Gasteiger partial charge on any atom is -0.451 e. The average molecular weight is 758 g/mol. The normalized spacial score (nSPS) is 24.4. The Morgan fingerprint density at radius 2 is 1.33 bits per heavy atom. The summed E-state index contributed by atoms with van der Waals surface area (Å²) >= 11 is 0. The zero-order chi connectivity index (χ0) is 35.3. The predicted molar refractivity (Wildman–Crippen MR) is 157 cm³/mol. The maximum absolute atomic E-state index is 12.7. The highest BCUT2D eigenvalue weighted by Crippen LogP contribution is 2.71. The van der Waals surface area contributed by atoms with Crippen molar-refractivity contribution in [2.75, 3.05) is 6.61 Å². The molecule has 0 saturated carbocycles. The van der Waals surface area contributed by atoms with Crippen LogP contribution in [0, 0.1) is 0 Å². The number of phosphoric acid groups is 4. The highest BCUT2D eigenvalue weighted by molar-refractivity contribution is 7.69. The van der Waals surface area contributed by atoms with Crippen LogP contribution < -0.4 is 11.2 Å². The molecular formula is C23H26N2O19P4. The molecule has 6 N–H and O–H groups in total. The second kappa shape index (κ2) is 15.3. The average Bonchev–Trinajstić information content (AvgIpc) is 3.28. The molecule has 1 aliphatic heterocycles. The van der Waals surface area contributed by atoms with Crippen LogP contribution in [0.15, 0.2) is 82.5 Å². The largest absolute Gasteiger partial charge is 0.490 e. The molecule has 8 unspecified atom stereocenters. The zero-order valence-electron chi connectivity index (χ0n) is 23.8. The monoisotopic (exact) mass is 758 g/mol. The number of hydrogen-bond acceptors (Lipinski definition) is 15. The van der Waals surface area contributed by atoms with Gasteiger partial charge in [0, 0.05) is 12.3 Å². The number of ether oxygens (including phenoxy) is 2. The van der Waals surface area contributed by atoms with E-state index in [-0.39, 0.29) is 5.56 Å². The lowest BCUT2D eigenvalue weighted by atomic mass is 10.1. The molecule has 4 rings (SSSR count). The van der Waals surface area contributed by atoms with Crippen molar-refractivity contribution in [3.8, 4) is 0 Å². The van der Waals surface area contributed by atoms with Gasteiger partial charge in [-0.1, -0.05) is 48.5 Å². The fourth-order valence-electron chi connectivity index (χ4n) is 3.97. The fourth-order valence-corrected chi connectivity index (χ4v) is 8.90. The lowest BCUT2D eigenvalue weighted by Crippen LogP contribution is -2.40. The summed E-state index contributed by atoms with van der Waals surface area (Å²) in [6.07, 6.45) is -6.08. The second-order valence-electron chi connectivity index (χ2n) is 9.48. The minimum absolute atomic E-state index is 0.0226. The van der Waals surface area contributed by atoms with Crippen molar-refractivity contribution in [2.45, 2.75) is 31.1 Å². The van der Waals surface area contributed by atoms with E-state index >= 15 is 0 Å². The molecule has 25 heteroatoms. The van der Waals surface area contributed by atoms with E-state index in [1.165, 1.54) is 36.4 Å². The Morgan fingerprint density at radius 3 is 1.92 bits per heavy atom. The summed E-state index contributed by atoms with van der Waals surface area (Å²) in [6, 6.07) is 15.9. The number of hydrogen-bond donors (Lipinski definition) is 6. The number of nitrogens with one attached hydrogen (secondary N) is 1. The van der Waals surface area contributed by atoms with E-state index in [9.17, 15) is 57.3 Å². The van der Waals surface area contributed by atoms with E-state index in [2.05, 4.69) is 22.0 Å². The number of esters is 1.